The van der Waals surface area contributed by atoms with Crippen molar-refractivity contribution in [2.45, 2.75) is 26.7 Å². The highest BCUT2D eigenvalue weighted by Gasteiger charge is 2.19. The van der Waals surface area contributed by atoms with E-state index >= 15 is 0 Å². The van der Waals surface area contributed by atoms with Gasteiger partial charge in [0.25, 0.3) is 0 Å². The molecule has 29 heavy (non-hydrogen) atoms. The Balaban J connectivity index is 2.19. The van der Waals surface area contributed by atoms with E-state index in [4.69, 9.17) is 4.98 Å². The van der Waals surface area contributed by atoms with Crippen LogP contribution in [-0.2, 0) is 9.73 Å². The normalized spacial score (nSPS) is 13.9. The van der Waals surface area contributed by atoms with Crippen LogP contribution in [0.5, 0.6) is 0 Å². The van der Waals surface area contributed by atoms with Crippen LogP contribution in [-0.4, -0.2) is 31.4 Å². The Morgan fingerprint density at radius 2 is 1.90 bits per heavy atom. The van der Waals surface area contributed by atoms with Crippen LogP contribution >= 0.6 is 0 Å². The number of aromatic nitrogens is 3. The van der Waals surface area contributed by atoms with Gasteiger partial charge in [0.05, 0.1) is 27.1 Å². The maximum atomic E-state index is 13.6. The Bertz CT molecular complexity index is 1330. The number of aromatic amines is 1. The molecule has 1 N–H and O–H groups in total. The van der Waals surface area contributed by atoms with Crippen LogP contribution in [0.1, 0.15) is 32.4 Å². The highest BCUT2D eigenvalue weighted by Crippen LogP contribution is 2.40. The summed E-state index contributed by atoms with van der Waals surface area (Å²) in [6.45, 7) is 5.98. The van der Waals surface area contributed by atoms with Crippen LogP contribution in [0, 0.1) is 5.82 Å². The van der Waals surface area contributed by atoms with Gasteiger partial charge in [-0.1, -0.05) is 32.9 Å². The first-order valence-electron chi connectivity index (χ1n) is 9.55. The molecule has 2 aromatic carbocycles. The van der Waals surface area contributed by atoms with E-state index in [1.807, 2.05) is 19.1 Å². The molecule has 0 fully saturated rings. The van der Waals surface area contributed by atoms with Crippen molar-refractivity contribution >= 4 is 37.2 Å². The average Bonchev–Trinajstić information content (AvgIpc) is 3.14. The fourth-order valence-corrected chi connectivity index (χ4v) is 4.04. The molecule has 0 aliphatic carbocycles. The number of nitrogens with zero attached hydrogens (tertiary/aromatic N) is 3. The largest absolute Gasteiger partial charge is 0.278 e. The topological polar surface area (TPSA) is 71.0 Å². The number of halogens is 1. The summed E-state index contributed by atoms with van der Waals surface area (Å²) >= 11 is 0. The number of pyridine rings is 1. The minimum absolute atomic E-state index is 0.1000. The van der Waals surface area contributed by atoms with Gasteiger partial charge in [-0.05, 0) is 41.1 Å². The minimum atomic E-state index is -2.39. The average molecular weight is 411 g/mol. The van der Waals surface area contributed by atoms with Crippen molar-refractivity contribution in [2.75, 3.05) is 12.0 Å². The van der Waals surface area contributed by atoms with E-state index < -0.39 is 9.73 Å². The first-order valence-corrected chi connectivity index (χ1v) is 11.6. The lowest BCUT2D eigenvalue weighted by molar-refractivity contribution is 0.628. The number of rotatable bonds is 4. The van der Waals surface area contributed by atoms with E-state index in [0.717, 1.165) is 38.5 Å². The molecule has 0 amide bonds. The molecular weight excluding hydrogens is 387 g/mol. The van der Waals surface area contributed by atoms with E-state index in [9.17, 15) is 8.60 Å². The third-order valence-corrected chi connectivity index (χ3v) is 6.70. The second kappa shape index (κ2) is 7.22. The minimum Gasteiger partial charge on any atom is -0.278 e. The van der Waals surface area contributed by atoms with Crippen LogP contribution in [0.2, 0.25) is 0 Å². The predicted octanol–water partition coefficient (Wildman–Crippen LogP) is 5.79. The monoisotopic (exact) mass is 410 g/mol. The van der Waals surface area contributed by atoms with Gasteiger partial charge in [0.2, 0.25) is 0 Å². The van der Waals surface area contributed by atoms with Crippen LogP contribution in [0.3, 0.4) is 0 Å². The fraction of sp³-hybridized carbons (Fsp3) is 0.273. The van der Waals surface area contributed by atoms with Gasteiger partial charge < -0.3 is 0 Å². The summed E-state index contributed by atoms with van der Waals surface area (Å²) in [5, 5.41) is 9.81. The zero-order valence-electron chi connectivity index (χ0n) is 16.9. The number of H-pyrrole nitrogens is 1. The molecule has 0 bridgehead atoms. The molecule has 2 aromatic heterocycles. The maximum absolute atomic E-state index is 13.6. The zero-order chi connectivity index (χ0) is 20.8. The maximum Gasteiger partial charge on any atom is 0.169 e. The summed E-state index contributed by atoms with van der Waals surface area (Å²) in [5.41, 5.74) is 3.53. The summed E-state index contributed by atoms with van der Waals surface area (Å²) in [7, 11) is -2.39. The van der Waals surface area contributed by atoms with Crippen molar-refractivity contribution in [1.82, 2.24) is 15.2 Å². The van der Waals surface area contributed by atoms with Gasteiger partial charge in [-0.3, -0.25) is 5.10 Å². The molecule has 1 atom stereocenters. The van der Waals surface area contributed by atoms with Gasteiger partial charge in [-0.15, -0.1) is 0 Å². The molecular formula is C22H23FN4OS. The number of nitrogens with one attached hydrogen (secondary N) is 1. The molecule has 1 unspecified atom stereocenters. The Labute approximate surface area is 169 Å². The highest BCUT2D eigenvalue weighted by molar-refractivity contribution is 7.93. The Morgan fingerprint density at radius 1 is 1.17 bits per heavy atom. The van der Waals surface area contributed by atoms with Crippen molar-refractivity contribution in [3.63, 3.8) is 0 Å². The van der Waals surface area contributed by atoms with E-state index in [2.05, 4.69) is 28.4 Å². The Hall–Kier alpha value is -2.80. The SMILES string of the molecule is CCS(C)(=O)=Nc1nc(C(C)C)c(-c2ccc(F)cc2)c2cc3cn[nH]c3cc12. The first kappa shape index (κ1) is 19.5. The third kappa shape index (κ3) is 3.62. The van der Waals surface area contributed by atoms with Crippen molar-refractivity contribution in [3.05, 3.63) is 54.1 Å². The molecule has 0 aliphatic rings. The molecule has 0 spiro atoms. The standard InChI is InChI=1S/C22H23FN4OS/c1-5-29(4,28)27-22-18-11-19-15(12-24-26-19)10-17(18)20(21(25-22)13(2)3)14-6-8-16(23)9-7-14/h6-13H,5H2,1-4H3,(H,24,26). The molecule has 2 heterocycles. The molecule has 0 aliphatic heterocycles. The van der Waals surface area contributed by atoms with Crippen molar-refractivity contribution in [1.29, 1.82) is 0 Å². The van der Waals surface area contributed by atoms with Crippen molar-refractivity contribution in [3.8, 4) is 11.1 Å². The van der Waals surface area contributed by atoms with E-state index in [0.29, 0.717) is 11.6 Å². The smallest absolute Gasteiger partial charge is 0.169 e. The van der Waals surface area contributed by atoms with E-state index in [1.165, 1.54) is 12.1 Å². The lowest BCUT2D eigenvalue weighted by Gasteiger charge is -2.17. The number of benzene rings is 2. The van der Waals surface area contributed by atoms with Gasteiger partial charge in [0, 0.05) is 28.3 Å². The zero-order valence-corrected chi connectivity index (χ0v) is 17.7. The summed E-state index contributed by atoms with van der Waals surface area (Å²) < 4.78 is 30.9. The molecule has 0 saturated heterocycles. The second-order valence-electron chi connectivity index (χ2n) is 7.55. The van der Waals surface area contributed by atoms with Crippen LogP contribution in [0.15, 0.2) is 47.0 Å². The van der Waals surface area contributed by atoms with E-state index in [-0.39, 0.29) is 11.7 Å². The van der Waals surface area contributed by atoms with Crippen LogP contribution in [0.4, 0.5) is 10.2 Å². The summed E-state index contributed by atoms with van der Waals surface area (Å²) in [6, 6.07) is 10.4. The molecule has 5 nitrogen and oxygen atoms in total. The van der Waals surface area contributed by atoms with Gasteiger partial charge >= 0.3 is 0 Å². The lowest BCUT2D eigenvalue weighted by atomic mass is 9.92. The second-order valence-corrected chi connectivity index (χ2v) is 10.2. The lowest BCUT2D eigenvalue weighted by Crippen LogP contribution is -2.02. The Morgan fingerprint density at radius 3 is 2.55 bits per heavy atom. The highest BCUT2D eigenvalue weighted by atomic mass is 32.2. The van der Waals surface area contributed by atoms with Crippen LogP contribution < -0.4 is 0 Å². The van der Waals surface area contributed by atoms with Gasteiger partial charge in [0.15, 0.2) is 5.82 Å². The predicted molar refractivity (Wildman–Crippen MR) is 118 cm³/mol. The van der Waals surface area contributed by atoms with Gasteiger partial charge in [-0.25, -0.2) is 13.6 Å². The molecule has 0 radical (unpaired) electrons. The number of fused-ring (bicyclic) bond motifs is 2. The first-order chi connectivity index (χ1) is 13.8. The summed E-state index contributed by atoms with van der Waals surface area (Å²) in [4.78, 5) is 4.85. The Kier molecular flexibility index (Phi) is 4.86. The molecule has 150 valence electrons. The van der Waals surface area contributed by atoms with Crippen molar-refractivity contribution in [2.24, 2.45) is 4.36 Å². The van der Waals surface area contributed by atoms with Crippen LogP contribution in [0.25, 0.3) is 32.8 Å². The van der Waals surface area contributed by atoms with Gasteiger partial charge in [-0.2, -0.15) is 9.46 Å². The summed E-state index contributed by atoms with van der Waals surface area (Å²) in [6.07, 6.45) is 3.42. The quantitative estimate of drug-likeness (QED) is 0.463. The fourth-order valence-electron chi connectivity index (χ4n) is 3.41. The van der Waals surface area contributed by atoms with Gasteiger partial charge in [0.1, 0.15) is 5.82 Å². The number of hydrogen-bond acceptors (Lipinski definition) is 4. The van der Waals surface area contributed by atoms with Crippen molar-refractivity contribution < 1.29 is 8.60 Å². The van der Waals surface area contributed by atoms with E-state index in [1.54, 1.807) is 24.6 Å². The molecule has 4 rings (SSSR count). The molecule has 7 heteroatoms. The molecule has 4 aromatic rings. The third-order valence-electron chi connectivity index (χ3n) is 5.07. The molecule has 0 saturated carbocycles. The number of hydrogen-bond donors (Lipinski definition) is 1. The summed E-state index contributed by atoms with van der Waals surface area (Å²) in [5.74, 6) is 0.733.